The van der Waals surface area contributed by atoms with Crippen LogP contribution >= 0.6 is 34.5 Å². The van der Waals surface area contributed by atoms with Crippen LogP contribution in [0.3, 0.4) is 0 Å². The number of hydrogen-bond donors (Lipinski definition) is 1. The molecule has 0 fully saturated rings. The number of aromatic nitrogens is 5. The maximum atomic E-state index is 14.3. The van der Waals surface area contributed by atoms with Gasteiger partial charge in [0.25, 0.3) is 5.91 Å². The Kier molecular flexibility index (Phi) is 7.69. The van der Waals surface area contributed by atoms with Crippen molar-refractivity contribution < 1.29 is 13.9 Å². The molecule has 1 amide bonds. The molecule has 1 aliphatic rings. The quantitative estimate of drug-likeness (QED) is 0.228. The number of hydrogen-bond acceptors (Lipinski definition) is 7. The van der Waals surface area contributed by atoms with E-state index in [2.05, 4.69) is 20.2 Å². The lowest BCUT2D eigenvalue weighted by atomic mass is 10.0. The third kappa shape index (κ3) is 5.54. The molecule has 1 aliphatic heterocycles. The van der Waals surface area contributed by atoms with Gasteiger partial charge in [0.15, 0.2) is 11.2 Å². The molecule has 6 rings (SSSR count). The van der Waals surface area contributed by atoms with Gasteiger partial charge in [-0.05, 0) is 37.9 Å². The van der Waals surface area contributed by atoms with Gasteiger partial charge in [0, 0.05) is 47.4 Å². The molecule has 0 spiro atoms. The van der Waals surface area contributed by atoms with Crippen LogP contribution in [0.2, 0.25) is 10.0 Å². The number of likely N-dealkylation sites (N-methyl/N-ethyl adjacent to an activating group) is 1. The van der Waals surface area contributed by atoms with Crippen molar-refractivity contribution in [2.75, 3.05) is 32.6 Å². The van der Waals surface area contributed by atoms with Crippen molar-refractivity contribution in [3.63, 3.8) is 0 Å². The third-order valence-electron chi connectivity index (χ3n) is 6.90. The zero-order valence-electron chi connectivity index (χ0n) is 22.2. The third-order valence-corrected chi connectivity index (χ3v) is 8.28. The number of ether oxygens (including phenoxy) is 1. The van der Waals surface area contributed by atoms with Crippen molar-refractivity contribution in [2.24, 2.45) is 0 Å². The Bertz CT molecular complexity index is 1700. The monoisotopic (exact) mass is 613 g/mol. The van der Waals surface area contributed by atoms with E-state index >= 15 is 0 Å². The molecule has 2 aromatic carbocycles. The van der Waals surface area contributed by atoms with Crippen molar-refractivity contribution in [1.29, 1.82) is 0 Å². The van der Waals surface area contributed by atoms with Crippen LogP contribution < -0.4 is 10.1 Å². The van der Waals surface area contributed by atoms with Crippen molar-refractivity contribution in [2.45, 2.75) is 25.2 Å². The summed E-state index contributed by atoms with van der Waals surface area (Å²) in [4.78, 5) is 24.4. The minimum absolute atomic E-state index is 0.164. The molecule has 41 heavy (non-hydrogen) atoms. The number of halogens is 3. The Morgan fingerprint density at radius 3 is 2.80 bits per heavy atom. The molecule has 4 heterocycles. The fourth-order valence-electron chi connectivity index (χ4n) is 4.89. The largest absolute Gasteiger partial charge is 0.492 e. The molecule has 0 saturated heterocycles. The summed E-state index contributed by atoms with van der Waals surface area (Å²) in [5, 5.41) is 11.2. The molecule has 0 aliphatic carbocycles. The van der Waals surface area contributed by atoms with Gasteiger partial charge in [0.1, 0.15) is 24.0 Å². The number of nitrogens with zero attached hydrogens (tertiary/aromatic N) is 6. The first-order chi connectivity index (χ1) is 19.8. The van der Waals surface area contributed by atoms with E-state index in [0.29, 0.717) is 49.6 Å². The van der Waals surface area contributed by atoms with Crippen molar-refractivity contribution in [3.8, 4) is 16.9 Å². The summed E-state index contributed by atoms with van der Waals surface area (Å²) < 4.78 is 23.3. The van der Waals surface area contributed by atoms with E-state index < -0.39 is 18.1 Å². The number of rotatable bonds is 9. The lowest BCUT2D eigenvalue weighted by molar-refractivity contribution is -0.118. The maximum absolute atomic E-state index is 14.3. The normalized spacial score (nSPS) is 15.4. The Labute approximate surface area is 249 Å². The van der Waals surface area contributed by atoms with Crippen molar-refractivity contribution in [3.05, 3.63) is 75.9 Å². The Balaban J connectivity index is 1.37. The molecule has 1 N–H and O–H groups in total. The van der Waals surface area contributed by atoms with Crippen LogP contribution in [-0.2, 0) is 17.8 Å². The van der Waals surface area contributed by atoms with Crippen molar-refractivity contribution >= 4 is 56.5 Å². The van der Waals surface area contributed by atoms with E-state index in [0.717, 1.165) is 17.9 Å². The summed E-state index contributed by atoms with van der Waals surface area (Å²) in [6.45, 7) is 1.58. The van der Waals surface area contributed by atoms with Gasteiger partial charge in [-0.1, -0.05) is 35.3 Å². The number of carbonyl (C=O) groups excluding carboxylic acids is 1. The highest BCUT2D eigenvalue weighted by molar-refractivity contribution is 7.13. The number of imidazole rings is 1. The highest BCUT2D eigenvalue weighted by atomic mass is 35.5. The lowest BCUT2D eigenvalue weighted by Crippen LogP contribution is -2.28. The SMILES string of the molecule is CN(C)CCOc1ccc(-c2cc(Cl)c3cn(C(C(=O)Nc4nccs4)c4ncn5c4CC(F)C5)nc3c2Cl)cc1. The van der Waals surface area contributed by atoms with E-state index in [1.807, 2.05) is 38.4 Å². The summed E-state index contributed by atoms with van der Waals surface area (Å²) in [6, 6.07) is 8.38. The summed E-state index contributed by atoms with van der Waals surface area (Å²) in [5.74, 6) is 0.342. The molecule has 2 atom stereocenters. The standard InChI is InChI=1S/C28H26Cl2FN7O2S/c1-36(2)8-9-40-18-5-3-16(4-6-18)19-12-21(29)20-14-38(35-24(20)23(19)30)26(27(39)34-28-32-7-10-41-28)25-22-11-17(31)13-37(22)15-33-25/h3-7,10,12,14-15,17,26H,8-9,11,13H2,1-2H3,(H,32,34,39). The Morgan fingerprint density at radius 1 is 1.27 bits per heavy atom. The highest BCUT2D eigenvalue weighted by Crippen LogP contribution is 2.40. The van der Waals surface area contributed by atoms with Crippen LogP contribution in [0.1, 0.15) is 17.4 Å². The van der Waals surface area contributed by atoms with E-state index in [4.69, 9.17) is 33.0 Å². The predicted molar refractivity (Wildman–Crippen MR) is 159 cm³/mol. The second kappa shape index (κ2) is 11.4. The van der Waals surface area contributed by atoms with E-state index in [-0.39, 0.29) is 13.0 Å². The number of anilines is 1. The van der Waals surface area contributed by atoms with E-state index in [1.54, 1.807) is 34.7 Å². The van der Waals surface area contributed by atoms with Crippen LogP contribution in [-0.4, -0.2) is 68.5 Å². The molecule has 5 aromatic rings. The first-order valence-electron chi connectivity index (χ1n) is 12.9. The number of alkyl halides is 1. The number of fused-ring (bicyclic) bond motifs is 2. The van der Waals surface area contributed by atoms with E-state index in [9.17, 15) is 9.18 Å². The van der Waals surface area contributed by atoms with Gasteiger partial charge >= 0.3 is 0 Å². The minimum atomic E-state index is -1.04. The van der Waals surface area contributed by atoms with Gasteiger partial charge in [-0.3, -0.25) is 14.8 Å². The van der Waals surface area contributed by atoms with Gasteiger partial charge in [0.05, 0.1) is 28.6 Å². The second-order valence-electron chi connectivity index (χ2n) is 10.0. The van der Waals surface area contributed by atoms with Crippen LogP contribution in [0.15, 0.2) is 54.4 Å². The number of thiazole rings is 1. The smallest absolute Gasteiger partial charge is 0.257 e. The summed E-state index contributed by atoms with van der Waals surface area (Å²) in [7, 11) is 3.99. The summed E-state index contributed by atoms with van der Waals surface area (Å²) >= 11 is 14.9. The number of benzene rings is 2. The number of nitrogens with one attached hydrogen (secondary N) is 1. The average molecular weight is 615 g/mol. The molecule has 0 radical (unpaired) electrons. The molecule has 3 aromatic heterocycles. The molecular weight excluding hydrogens is 588 g/mol. The van der Waals surface area contributed by atoms with Gasteiger partial charge in [0.2, 0.25) is 0 Å². The molecule has 212 valence electrons. The first-order valence-corrected chi connectivity index (χ1v) is 14.5. The first kappa shape index (κ1) is 27.6. The zero-order valence-corrected chi connectivity index (χ0v) is 24.5. The molecule has 2 unspecified atom stereocenters. The summed E-state index contributed by atoms with van der Waals surface area (Å²) in [5.41, 5.74) is 3.05. The summed E-state index contributed by atoms with van der Waals surface area (Å²) in [6.07, 6.45) is 3.96. The average Bonchev–Trinajstić information content (AvgIpc) is 3.73. The van der Waals surface area contributed by atoms with Gasteiger partial charge in [-0.25, -0.2) is 14.4 Å². The number of carbonyl (C=O) groups is 1. The zero-order chi connectivity index (χ0) is 28.7. The van der Waals surface area contributed by atoms with Gasteiger partial charge in [-0.2, -0.15) is 5.10 Å². The molecule has 13 heteroatoms. The number of amides is 1. The van der Waals surface area contributed by atoms with Crippen LogP contribution in [0.5, 0.6) is 5.75 Å². The highest BCUT2D eigenvalue weighted by Gasteiger charge is 2.34. The fourth-order valence-corrected chi connectivity index (χ4v) is 5.97. The lowest BCUT2D eigenvalue weighted by Gasteiger charge is -2.16. The van der Waals surface area contributed by atoms with Crippen LogP contribution in [0.25, 0.3) is 22.0 Å². The maximum Gasteiger partial charge on any atom is 0.257 e. The molecular formula is C28H26Cl2FN7O2S. The van der Waals surface area contributed by atoms with E-state index in [1.165, 1.54) is 16.0 Å². The predicted octanol–water partition coefficient (Wildman–Crippen LogP) is 5.73. The molecule has 9 nitrogen and oxygen atoms in total. The Morgan fingerprint density at radius 2 is 2.07 bits per heavy atom. The second-order valence-corrected chi connectivity index (χ2v) is 11.7. The topological polar surface area (TPSA) is 90.1 Å². The van der Waals surface area contributed by atoms with Crippen LogP contribution in [0, 0.1) is 0 Å². The fraction of sp³-hybridized carbons (Fsp3) is 0.286. The minimum Gasteiger partial charge on any atom is -0.492 e. The van der Waals surface area contributed by atoms with Crippen LogP contribution in [0.4, 0.5) is 9.52 Å². The van der Waals surface area contributed by atoms with Gasteiger partial charge < -0.3 is 14.2 Å². The molecule has 0 bridgehead atoms. The Hall–Kier alpha value is -3.51. The van der Waals surface area contributed by atoms with Crippen molar-refractivity contribution in [1.82, 2.24) is 29.2 Å². The molecule has 0 saturated carbocycles. The van der Waals surface area contributed by atoms with Gasteiger partial charge in [-0.15, -0.1) is 11.3 Å².